The van der Waals surface area contributed by atoms with Gasteiger partial charge in [0.2, 0.25) is 0 Å². The highest BCUT2D eigenvalue weighted by molar-refractivity contribution is 5.94. The van der Waals surface area contributed by atoms with Crippen molar-refractivity contribution >= 4 is 11.7 Å². The molecular formula is C10H15NO2. The minimum absolute atomic E-state index is 0.400. The topological polar surface area (TPSA) is 52.3 Å². The monoisotopic (exact) mass is 181 g/mol. The van der Waals surface area contributed by atoms with Gasteiger partial charge in [-0.05, 0) is 12.1 Å². The minimum atomic E-state index is -0.400. The van der Waals surface area contributed by atoms with E-state index in [0.717, 1.165) is 0 Å². The Labute approximate surface area is 78.5 Å². The van der Waals surface area contributed by atoms with Crippen LogP contribution < -0.4 is 5.73 Å². The van der Waals surface area contributed by atoms with Crippen LogP contribution in [0.15, 0.2) is 24.3 Å². The lowest BCUT2D eigenvalue weighted by atomic mass is 10.2. The van der Waals surface area contributed by atoms with Crippen molar-refractivity contribution in [3.05, 3.63) is 29.8 Å². The van der Waals surface area contributed by atoms with Gasteiger partial charge >= 0.3 is 5.97 Å². The first-order valence-corrected chi connectivity index (χ1v) is 4.18. The highest BCUT2D eigenvalue weighted by Gasteiger charge is 2.06. The smallest absolute Gasteiger partial charge is 0.339 e. The number of methoxy groups -OCH3 is 1. The summed E-state index contributed by atoms with van der Waals surface area (Å²) in [5.41, 5.74) is 6.35. The number of benzene rings is 1. The lowest BCUT2D eigenvalue weighted by molar-refractivity contribution is 0.0602. The van der Waals surface area contributed by atoms with Crippen molar-refractivity contribution in [3.63, 3.8) is 0 Å². The molecule has 1 aromatic rings. The van der Waals surface area contributed by atoms with Crippen molar-refractivity contribution in [2.75, 3.05) is 12.8 Å². The maximum Gasteiger partial charge on any atom is 0.339 e. The molecule has 0 radical (unpaired) electrons. The Kier molecular flexibility index (Phi) is 5.35. The van der Waals surface area contributed by atoms with Gasteiger partial charge in [0, 0.05) is 5.69 Å². The molecule has 72 valence electrons. The van der Waals surface area contributed by atoms with Crippen LogP contribution in [0.5, 0.6) is 0 Å². The van der Waals surface area contributed by atoms with Crippen LogP contribution in [0.4, 0.5) is 5.69 Å². The molecule has 13 heavy (non-hydrogen) atoms. The van der Waals surface area contributed by atoms with Crippen LogP contribution in [-0.2, 0) is 4.74 Å². The van der Waals surface area contributed by atoms with Gasteiger partial charge in [-0.1, -0.05) is 26.0 Å². The molecule has 3 heteroatoms. The third-order valence-corrected chi connectivity index (χ3v) is 1.37. The van der Waals surface area contributed by atoms with Crippen LogP contribution in [0.3, 0.4) is 0 Å². The zero-order valence-corrected chi connectivity index (χ0v) is 8.20. The summed E-state index contributed by atoms with van der Waals surface area (Å²) in [5, 5.41) is 0. The summed E-state index contributed by atoms with van der Waals surface area (Å²) in [5.74, 6) is -0.400. The fourth-order valence-corrected chi connectivity index (χ4v) is 0.793. The maximum atomic E-state index is 10.9. The van der Waals surface area contributed by atoms with E-state index in [1.165, 1.54) is 7.11 Å². The molecule has 0 saturated carbocycles. The Morgan fingerprint density at radius 2 is 1.85 bits per heavy atom. The molecule has 1 rings (SSSR count). The molecule has 0 amide bonds. The second-order valence-corrected chi connectivity index (χ2v) is 2.08. The molecule has 0 aliphatic heterocycles. The highest BCUT2D eigenvalue weighted by atomic mass is 16.5. The first-order chi connectivity index (χ1) is 6.25. The lowest BCUT2D eigenvalue weighted by Gasteiger charge is -2.00. The van der Waals surface area contributed by atoms with Gasteiger partial charge in [0.15, 0.2) is 0 Å². The van der Waals surface area contributed by atoms with Crippen LogP contribution >= 0.6 is 0 Å². The van der Waals surface area contributed by atoms with E-state index in [4.69, 9.17) is 5.73 Å². The van der Waals surface area contributed by atoms with Crippen molar-refractivity contribution in [2.45, 2.75) is 13.8 Å². The second-order valence-electron chi connectivity index (χ2n) is 2.08. The molecule has 0 aliphatic rings. The molecule has 0 atom stereocenters. The van der Waals surface area contributed by atoms with E-state index in [9.17, 15) is 4.79 Å². The van der Waals surface area contributed by atoms with Gasteiger partial charge in [-0.25, -0.2) is 4.79 Å². The van der Waals surface area contributed by atoms with E-state index in [1.807, 2.05) is 13.8 Å². The number of carbonyl (C=O) groups excluding carboxylic acids is 1. The van der Waals surface area contributed by atoms with Crippen molar-refractivity contribution < 1.29 is 9.53 Å². The minimum Gasteiger partial charge on any atom is -0.465 e. The molecular weight excluding hydrogens is 166 g/mol. The van der Waals surface area contributed by atoms with Crippen molar-refractivity contribution in [1.82, 2.24) is 0 Å². The van der Waals surface area contributed by atoms with Crippen LogP contribution in [0.1, 0.15) is 24.2 Å². The predicted octanol–water partition coefficient (Wildman–Crippen LogP) is 2.08. The summed E-state index contributed by atoms with van der Waals surface area (Å²) in [6.45, 7) is 4.00. The van der Waals surface area contributed by atoms with E-state index in [1.54, 1.807) is 24.3 Å². The molecule has 0 aliphatic carbocycles. The summed E-state index contributed by atoms with van der Waals surface area (Å²) in [7, 11) is 1.33. The Bertz CT molecular complexity index is 271. The number of hydrogen-bond acceptors (Lipinski definition) is 3. The third kappa shape index (κ3) is 3.15. The van der Waals surface area contributed by atoms with Crippen molar-refractivity contribution in [1.29, 1.82) is 0 Å². The molecule has 1 aromatic carbocycles. The Hall–Kier alpha value is -1.51. The number of carbonyl (C=O) groups is 1. The zero-order chi connectivity index (χ0) is 10.3. The molecule has 0 heterocycles. The van der Waals surface area contributed by atoms with Crippen LogP contribution in [-0.4, -0.2) is 13.1 Å². The van der Waals surface area contributed by atoms with Crippen LogP contribution in [0.2, 0.25) is 0 Å². The van der Waals surface area contributed by atoms with Gasteiger partial charge in [-0.2, -0.15) is 0 Å². The molecule has 0 aromatic heterocycles. The molecule has 2 N–H and O–H groups in total. The number of para-hydroxylation sites is 1. The van der Waals surface area contributed by atoms with Crippen molar-refractivity contribution in [2.24, 2.45) is 0 Å². The predicted molar refractivity (Wildman–Crippen MR) is 53.5 cm³/mol. The summed E-state index contributed by atoms with van der Waals surface area (Å²) in [6.07, 6.45) is 0. The second kappa shape index (κ2) is 6.06. The summed E-state index contributed by atoms with van der Waals surface area (Å²) in [6, 6.07) is 6.79. The lowest BCUT2D eigenvalue weighted by Crippen LogP contribution is -2.04. The number of hydrogen-bond donors (Lipinski definition) is 1. The zero-order valence-electron chi connectivity index (χ0n) is 8.20. The molecule has 0 fully saturated rings. The molecule has 0 spiro atoms. The summed E-state index contributed by atoms with van der Waals surface area (Å²) >= 11 is 0. The summed E-state index contributed by atoms with van der Waals surface area (Å²) in [4.78, 5) is 10.9. The van der Waals surface area contributed by atoms with Gasteiger partial charge in [-0.3, -0.25) is 0 Å². The Balaban J connectivity index is 0.000000671. The number of esters is 1. The first kappa shape index (κ1) is 11.5. The third-order valence-electron chi connectivity index (χ3n) is 1.37. The number of anilines is 1. The average molecular weight is 181 g/mol. The maximum absolute atomic E-state index is 10.9. The molecule has 0 bridgehead atoms. The fraction of sp³-hybridized carbons (Fsp3) is 0.300. The Morgan fingerprint density at radius 1 is 1.31 bits per heavy atom. The first-order valence-electron chi connectivity index (χ1n) is 4.18. The highest BCUT2D eigenvalue weighted by Crippen LogP contribution is 2.10. The van der Waals surface area contributed by atoms with E-state index >= 15 is 0 Å². The quantitative estimate of drug-likeness (QED) is 0.533. The normalized spacial score (nSPS) is 8.23. The van der Waals surface area contributed by atoms with Gasteiger partial charge in [0.05, 0.1) is 12.7 Å². The molecule has 3 nitrogen and oxygen atoms in total. The number of nitrogens with two attached hydrogens (primary N) is 1. The van der Waals surface area contributed by atoms with Gasteiger partial charge in [0.25, 0.3) is 0 Å². The van der Waals surface area contributed by atoms with Crippen LogP contribution in [0.25, 0.3) is 0 Å². The largest absolute Gasteiger partial charge is 0.465 e. The number of rotatable bonds is 1. The van der Waals surface area contributed by atoms with E-state index in [-0.39, 0.29) is 0 Å². The number of nitrogen functional groups attached to an aromatic ring is 1. The molecule has 0 unspecified atom stereocenters. The summed E-state index contributed by atoms with van der Waals surface area (Å²) < 4.78 is 4.50. The van der Waals surface area contributed by atoms with E-state index in [0.29, 0.717) is 11.3 Å². The van der Waals surface area contributed by atoms with E-state index in [2.05, 4.69) is 4.74 Å². The fourth-order valence-electron chi connectivity index (χ4n) is 0.793. The van der Waals surface area contributed by atoms with E-state index < -0.39 is 5.97 Å². The number of ether oxygens (including phenoxy) is 1. The standard InChI is InChI=1S/C8H9NO2.C2H6/c1-11-8(10)6-4-2-3-5-7(6)9;1-2/h2-5H,9H2,1H3;1-2H3. The van der Waals surface area contributed by atoms with Gasteiger partial charge in [0.1, 0.15) is 0 Å². The Morgan fingerprint density at radius 3 is 2.31 bits per heavy atom. The van der Waals surface area contributed by atoms with Gasteiger partial charge < -0.3 is 10.5 Å². The molecule has 0 saturated heterocycles. The van der Waals surface area contributed by atoms with Crippen molar-refractivity contribution in [3.8, 4) is 0 Å². The van der Waals surface area contributed by atoms with Gasteiger partial charge in [-0.15, -0.1) is 0 Å². The average Bonchev–Trinajstić information content (AvgIpc) is 2.20. The SMILES string of the molecule is CC.COC(=O)c1ccccc1N. The van der Waals surface area contributed by atoms with Crippen LogP contribution in [0, 0.1) is 0 Å².